The van der Waals surface area contributed by atoms with E-state index in [2.05, 4.69) is 5.10 Å². The molecule has 1 aromatic heterocycles. The zero-order valence-electron chi connectivity index (χ0n) is 16.0. The summed E-state index contributed by atoms with van der Waals surface area (Å²) in [5, 5.41) is 4.39. The maximum Gasteiger partial charge on any atom is 0.267 e. The predicted octanol–water partition coefficient (Wildman–Crippen LogP) is 3.68. The second-order valence-corrected chi connectivity index (χ2v) is 7.46. The van der Waals surface area contributed by atoms with Gasteiger partial charge in [-0.2, -0.15) is 5.10 Å². The molecule has 0 radical (unpaired) electrons. The van der Waals surface area contributed by atoms with E-state index >= 15 is 0 Å². The van der Waals surface area contributed by atoms with Crippen molar-refractivity contribution in [1.29, 1.82) is 0 Å². The SMILES string of the molecule is CSc1ccc(-c2ccc(=O)n(CC(=O)c3ccc4c(c3)OCCCO4)n2)cc1. The number of rotatable bonds is 5. The molecular formula is C22H20N2O4S. The zero-order valence-corrected chi connectivity index (χ0v) is 16.8. The summed E-state index contributed by atoms with van der Waals surface area (Å²) in [6.07, 6.45) is 2.81. The second-order valence-electron chi connectivity index (χ2n) is 6.58. The van der Waals surface area contributed by atoms with E-state index in [0.29, 0.717) is 36.0 Å². The Balaban J connectivity index is 1.58. The van der Waals surface area contributed by atoms with Crippen molar-refractivity contribution in [3.05, 3.63) is 70.5 Å². The number of carbonyl (C=O) groups is 1. The third-order valence-electron chi connectivity index (χ3n) is 4.62. The molecule has 0 spiro atoms. The van der Waals surface area contributed by atoms with Crippen molar-refractivity contribution in [2.75, 3.05) is 19.5 Å². The molecule has 1 aliphatic rings. The number of ketones is 1. The molecule has 0 atom stereocenters. The average Bonchev–Trinajstić information content (AvgIpc) is 3.00. The summed E-state index contributed by atoms with van der Waals surface area (Å²) < 4.78 is 12.4. The molecular weight excluding hydrogens is 388 g/mol. The number of hydrogen-bond donors (Lipinski definition) is 0. The molecule has 2 aromatic carbocycles. The van der Waals surface area contributed by atoms with Crippen molar-refractivity contribution in [3.63, 3.8) is 0 Å². The number of benzene rings is 2. The molecule has 0 saturated carbocycles. The average molecular weight is 408 g/mol. The van der Waals surface area contributed by atoms with Gasteiger partial charge in [0.15, 0.2) is 17.3 Å². The number of carbonyl (C=O) groups excluding carboxylic acids is 1. The lowest BCUT2D eigenvalue weighted by molar-refractivity contribution is 0.0965. The topological polar surface area (TPSA) is 70.4 Å². The summed E-state index contributed by atoms with van der Waals surface area (Å²) in [4.78, 5) is 26.2. The summed E-state index contributed by atoms with van der Waals surface area (Å²) in [7, 11) is 0. The van der Waals surface area contributed by atoms with Crippen molar-refractivity contribution in [3.8, 4) is 22.8 Å². The van der Waals surface area contributed by atoms with E-state index in [4.69, 9.17) is 9.47 Å². The number of nitrogens with zero attached hydrogens (tertiary/aromatic N) is 2. The molecule has 1 aliphatic heterocycles. The van der Waals surface area contributed by atoms with Gasteiger partial charge >= 0.3 is 0 Å². The quantitative estimate of drug-likeness (QED) is 0.474. The van der Waals surface area contributed by atoms with E-state index in [1.807, 2.05) is 30.5 Å². The van der Waals surface area contributed by atoms with Crippen molar-refractivity contribution >= 4 is 17.5 Å². The summed E-state index contributed by atoms with van der Waals surface area (Å²) in [5.74, 6) is 0.964. The van der Waals surface area contributed by atoms with Crippen molar-refractivity contribution in [2.24, 2.45) is 0 Å². The zero-order chi connectivity index (χ0) is 20.2. The van der Waals surface area contributed by atoms with Crippen LogP contribution in [0.15, 0.2) is 64.3 Å². The molecule has 2 heterocycles. The number of hydrogen-bond acceptors (Lipinski definition) is 6. The number of ether oxygens (including phenoxy) is 2. The number of aromatic nitrogens is 2. The standard InChI is InChI=1S/C22H20N2O4S/c1-29-17-6-3-15(4-7-17)18-8-10-22(26)24(23-18)14-19(25)16-5-9-20-21(13-16)28-12-2-11-27-20/h3-10,13H,2,11-12,14H2,1H3. The molecule has 7 heteroatoms. The Morgan fingerprint density at radius 3 is 2.55 bits per heavy atom. The Hall–Kier alpha value is -3.06. The Bertz CT molecular complexity index is 1090. The molecule has 6 nitrogen and oxygen atoms in total. The first-order valence-corrected chi connectivity index (χ1v) is 10.5. The van der Waals surface area contributed by atoms with Crippen LogP contribution in [0.2, 0.25) is 0 Å². The van der Waals surface area contributed by atoms with Crippen LogP contribution >= 0.6 is 11.8 Å². The summed E-state index contributed by atoms with van der Waals surface area (Å²) in [5.41, 5.74) is 1.66. The maximum atomic E-state index is 12.8. The van der Waals surface area contributed by atoms with E-state index < -0.39 is 0 Å². The minimum atomic E-state index is -0.322. The first-order valence-electron chi connectivity index (χ1n) is 9.29. The Kier molecular flexibility index (Phi) is 5.67. The molecule has 0 aliphatic carbocycles. The largest absolute Gasteiger partial charge is 0.490 e. The van der Waals surface area contributed by atoms with Gasteiger partial charge in [-0.1, -0.05) is 12.1 Å². The molecule has 148 valence electrons. The lowest BCUT2D eigenvalue weighted by Gasteiger charge is -2.10. The number of thioether (sulfide) groups is 1. The minimum absolute atomic E-state index is 0.144. The van der Waals surface area contributed by atoms with Crippen LogP contribution in [0, 0.1) is 0 Å². The van der Waals surface area contributed by atoms with E-state index in [1.165, 1.54) is 10.7 Å². The van der Waals surface area contributed by atoms with E-state index in [1.54, 1.807) is 36.0 Å². The second kappa shape index (κ2) is 8.53. The molecule has 3 aromatic rings. The lowest BCUT2D eigenvalue weighted by Crippen LogP contribution is -2.26. The number of Topliss-reactive ketones (excluding diaryl/α,β-unsaturated/α-hetero) is 1. The van der Waals surface area contributed by atoms with Crippen molar-refractivity contribution in [2.45, 2.75) is 17.9 Å². The van der Waals surface area contributed by atoms with Gasteiger partial charge in [-0.25, -0.2) is 4.68 Å². The first-order chi connectivity index (χ1) is 14.1. The van der Waals surface area contributed by atoms with Gasteiger partial charge < -0.3 is 9.47 Å². The fourth-order valence-corrected chi connectivity index (χ4v) is 3.45. The highest BCUT2D eigenvalue weighted by atomic mass is 32.2. The van der Waals surface area contributed by atoms with Crippen LogP contribution in [0.1, 0.15) is 16.8 Å². The predicted molar refractivity (Wildman–Crippen MR) is 112 cm³/mol. The normalized spacial score (nSPS) is 13.0. The first kappa shape index (κ1) is 19.3. The van der Waals surface area contributed by atoms with Gasteiger partial charge in [0.1, 0.15) is 6.54 Å². The van der Waals surface area contributed by atoms with Gasteiger partial charge in [-0.05, 0) is 42.7 Å². The molecule has 0 saturated heterocycles. The van der Waals surface area contributed by atoms with Gasteiger partial charge in [0.25, 0.3) is 5.56 Å². The van der Waals surface area contributed by atoms with Crippen LogP contribution in [0.4, 0.5) is 0 Å². The lowest BCUT2D eigenvalue weighted by atomic mass is 10.1. The van der Waals surface area contributed by atoms with Crippen LogP contribution < -0.4 is 15.0 Å². The fraction of sp³-hybridized carbons (Fsp3) is 0.227. The fourth-order valence-electron chi connectivity index (χ4n) is 3.04. The van der Waals surface area contributed by atoms with Gasteiger partial charge in [-0.15, -0.1) is 11.8 Å². The molecule has 29 heavy (non-hydrogen) atoms. The van der Waals surface area contributed by atoms with Gasteiger partial charge in [0.2, 0.25) is 0 Å². The summed E-state index contributed by atoms with van der Waals surface area (Å²) in [6, 6.07) is 16.1. The Labute approximate surface area is 172 Å². The smallest absolute Gasteiger partial charge is 0.267 e. The van der Waals surface area contributed by atoms with Crippen LogP contribution in [0.25, 0.3) is 11.3 Å². The molecule has 0 bridgehead atoms. The third-order valence-corrected chi connectivity index (χ3v) is 5.36. The highest BCUT2D eigenvalue weighted by Gasteiger charge is 2.15. The van der Waals surface area contributed by atoms with Crippen LogP contribution in [-0.4, -0.2) is 35.0 Å². The van der Waals surface area contributed by atoms with Gasteiger partial charge in [0, 0.05) is 28.5 Å². The van der Waals surface area contributed by atoms with E-state index in [0.717, 1.165) is 16.9 Å². The number of fused-ring (bicyclic) bond motifs is 1. The highest BCUT2D eigenvalue weighted by Crippen LogP contribution is 2.30. The Morgan fingerprint density at radius 2 is 1.79 bits per heavy atom. The molecule has 0 amide bonds. The summed E-state index contributed by atoms with van der Waals surface area (Å²) in [6.45, 7) is 0.989. The van der Waals surface area contributed by atoms with Gasteiger partial charge in [0.05, 0.1) is 18.9 Å². The monoisotopic (exact) mass is 408 g/mol. The van der Waals surface area contributed by atoms with Crippen molar-refractivity contribution in [1.82, 2.24) is 9.78 Å². The Morgan fingerprint density at radius 1 is 1.03 bits per heavy atom. The summed E-state index contributed by atoms with van der Waals surface area (Å²) >= 11 is 1.66. The van der Waals surface area contributed by atoms with Crippen LogP contribution in [0.5, 0.6) is 11.5 Å². The molecule has 0 unspecified atom stereocenters. The van der Waals surface area contributed by atoms with E-state index in [9.17, 15) is 9.59 Å². The van der Waals surface area contributed by atoms with Gasteiger partial charge in [-0.3, -0.25) is 9.59 Å². The molecule has 0 fully saturated rings. The third kappa shape index (κ3) is 4.35. The molecule has 4 rings (SSSR count). The van der Waals surface area contributed by atoms with Crippen LogP contribution in [0.3, 0.4) is 0 Å². The molecule has 0 N–H and O–H groups in total. The van der Waals surface area contributed by atoms with Crippen LogP contribution in [-0.2, 0) is 6.54 Å². The highest BCUT2D eigenvalue weighted by molar-refractivity contribution is 7.98. The van der Waals surface area contributed by atoms with E-state index in [-0.39, 0.29) is 17.9 Å². The van der Waals surface area contributed by atoms with Crippen molar-refractivity contribution < 1.29 is 14.3 Å². The maximum absolute atomic E-state index is 12.8. The minimum Gasteiger partial charge on any atom is -0.490 e.